The SMILES string of the molecule is C1=NC=NC1c1ccccc1. The van der Waals surface area contributed by atoms with E-state index in [2.05, 4.69) is 22.1 Å². The number of hydrogen-bond donors (Lipinski definition) is 0. The van der Waals surface area contributed by atoms with Gasteiger partial charge in [-0.3, -0.25) is 4.99 Å². The van der Waals surface area contributed by atoms with Gasteiger partial charge in [0.2, 0.25) is 0 Å². The Morgan fingerprint density at radius 3 is 2.55 bits per heavy atom. The summed E-state index contributed by atoms with van der Waals surface area (Å²) in [6.07, 6.45) is 3.44. The van der Waals surface area contributed by atoms with E-state index in [4.69, 9.17) is 0 Å². The van der Waals surface area contributed by atoms with E-state index in [-0.39, 0.29) is 6.04 Å². The molecule has 1 unspecified atom stereocenters. The van der Waals surface area contributed by atoms with Crippen molar-refractivity contribution >= 4 is 12.6 Å². The molecule has 2 rings (SSSR count). The van der Waals surface area contributed by atoms with Gasteiger partial charge in [0, 0.05) is 6.21 Å². The Morgan fingerprint density at radius 2 is 1.91 bits per heavy atom. The fourth-order valence-corrected chi connectivity index (χ4v) is 1.09. The van der Waals surface area contributed by atoms with E-state index in [0.29, 0.717) is 0 Å². The summed E-state index contributed by atoms with van der Waals surface area (Å²) < 4.78 is 0. The van der Waals surface area contributed by atoms with Gasteiger partial charge in [-0.1, -0.05) is 30.3 Å². The molecule has 0 amide bonds. The monoisotopic (exact) mass is 144 g/mol. The third-order valence-corrected chi connectivity index (χ3v) is 1.66. The molecular formula is C9H8N2. The van der Waals surface area contributed by atoms with Crippen molar-refractivity contribution in [3.05, 3.63) is 35.9 Å². The van der Waals surface area contributed by atoms with Gasteiger partial charge in [0.1, 0.15) is 12.4 Å². The molecule has 1 atom stereocenters. The van der Waals surface area contributed by atoms with Crippen LogP contribution in [0.1, 0.15) is 11.6 Å². The first kappa shape index (κ1) is 6.28. The van der Waals surface area contributed by atoms with E-state index in [0.717, 1.165) is 0 Å². The summed E-state index contributed by atoms with van der Waals surface area (Å²) in [5.41, 5.74) is 1.20. The van der Waals surface area contributed by atoms with E-state index in [1.54, 1.807) is 6.34 Å². The van der Waals surface area contributed by atoms with Crippen molar-refractivity contribution in [1.29, 1.82) is 0 Å². The number of hydrogen-bond acceptors (Lipinski definition) is 2. The molecule has 0 saturated carbocycles. The van der Waals surface area contributed by atoms with Crippen LogP contribution in [-0.2, 0) is 0 Å². The summed E-state index contributed by atoms with van der Waals surface area (Å²) in [5, 5.41) is 0. The zero-order chi connectivity index (χ0) is 7.52. The highest BCUT2D eigenvalue weighted by molar-refractivity contribution is 5.83. The van der Waals surface area contributed by atoms with Crippen LogP contribution < -0.4 is 0 Å². The summed E-state index contributed by atoms with van der Waals surface area (Å²) in [6, 6.07) is 10.3. The lowest BCUT2D eigenvalue weighted by molar-refractivity contribution is 1.01. The van der Waals surface area contributed by atoms with Gasteiger partial charge in [-0.05, 0) is 5.56 Å². The molecule has 1 aromatic rings. The van der Waals surface area contributed by atoms with Gasteiger partial charge in [-0.15, -0.1) is 0 Å². The van der Waals surface area contributed by atoms with Gasteiger partial charge < -0.3 is 0 Å². The van der Waals surface area contributed by atoms with Crippen molar-refractivity contribution in [1.82, 2.24) is 0 Å². The highest BCUT2D eigenvalue weighted by atomic mass is 14.9. The molecule has 1 heterocycles. The van der Waals surface area contributed by atoms with Gasteiger partial charge in [-0.2, -0.15) is 0 Å². The van der Waals surface area contributed by atoms with E-state index < -0.39 is 0 Å². The zero-order valence-electron chi connectivity index (χ0n) is 6.01. The average Bonchev–Trinajstić information content (AvgIpc) is 2.58. The zero-order valence-corrected chi connectivity index (χ0v) is 6.01. The maximum absolute atomic E-state index is 4.16. The van der Waals surface area contributed by atoms with Crippen LogP contribution >= 0.6 is 0 Å². The Balaban J connectivity index is 2.30. The van der Waals surface area contributed by atoms with Crippen LogP contribution in [0.25, 0.3) is 0 Å². The number of rotatable bonds is 1. The lowest BCUT2D eigenvalue weighted by Crippen LogP contribution is -1.91. The molecule has 0 aromatic heterocycles. The standard InChI is InChI=1S/C9H8N2/c1-2-4-8(5-3-1)9-6-10-7-11-9/h1-7,9H. The van der Waals surface area contributed by atoms with Gasteiger partial charge in [0.15, 0.2) is 0 Å². The quantitative estimate of drug-likeness (QED) is 0.574. The Hall–Kier alpha value is -1.44. The third kappa shape index (κ3) is 1.19. The first-order valence-electron chi connectivity index (χ1n) is 3.57. The first-order chi connectivity index (χ1) is 5.47. The molecule has 0 saturated heterocycles. The third-order valence-electron chi connectivity index (χ3n) is 1.66. The van der Waals surface area contributed by atoms with Crippen molar-refractivity contribution in [3.63, 3.8) is 0 Å². The summed E-state index contributed by atoms with van der Waals surface area (Å²) >= 11 is 0. The van der Waals surface area contributed by atoms with Crippen molar-refractivity contribution < 1.29 is 0 Å². The molecule has 0 bridgehead atoms. The average molecular weight is 144 g/mol. The van der Waals surface area contributed by atoms with Gasteiger partial charge in [0.05, 0.1) is 0 Å². The van der Waals surface area contributed by atoms with Crippen LogP contribution in [-0.4, -0.2) is 12.6 Å². The molecule has 0 radical (unpaired) electrons. The number of aliphatic imine (C=N–C) groups is 2. The molecule has 1 aliphatic rings. The highest BCUT2D eigenvalue weighted by Crippen LogP contribution is 2.16. The molecule has 0 fully saturated rings. The summed E-state index contributed by atoms with van der Waals surface area (Å²) in [5.74, 6) is 0. The second-order valence-electron chi connectivity index (χ2n) is 2.42. The largest absolute Gasteiger partial charge is 0.260 e. The Morgan fingerprint density at radius 1 is 1.09 bits per heavy atom. The van der Waals surface area contributed by atoms with Crippen LogP contribution in [0.15, 0.2) is 40.3 Å². The van der Waals surface area contributed by atoms with Crippen molar-refractivity contribution in [3.8, 4) is 0 Å². The topological polar surface area (TPSA) is 24.7 Å². The van der Waals surface area contributed by atoms with Crippen LogP contribution in [0.5, 0.6) is 0 Å². The second-order valence-corrected chi connectivity index (χ2v) is 2.42. The lowest BCUT2D eigenvalue weighted by atomic mass is 10.1. The minimum absolute atomic E-state index is 0.149. The molecule has 1 aromatic carbocycles. The lowest BCUT2D eigenvalue weighted by Gasteiger charge is -2.01. The summed E-state index contributed by atoms with van der Waals surface area (Å²) in [7, 11) is 0. The molecule has 2 heteroatoms. The molecule has 0 aliphatic carbocycles. The van der Waals surface area contributed by atoms with Crippen LogP contribution in [0.2, 0.25) is 0 Å². The molecule has 0 spiro atoms. The van der Waals surface area contributed by atoms with Gasteiger partial charge in [-0.25, -0.2) is 4.99 Å². The van der Waals surface area contributed by atoms with Gasteiger partial charge in [0.25, 0.3) is 0 Å². The van der Waals surface area contributed by atoms with E-state index in [9.17, 15) is 0 Å². The fraction of sp³-hybridized carbons (Fsp3) is 0.111. The van der Waals surface area contributed by atoms with Crippen molar-refractivity contribution in [2.75, 3.05) is 0 Å². The van der Waals surface area contributed by atoms with E-state index in [1.165, 1.54) is 5.56 Å². The van der Waals surface area contributed by atoms with Crippen molar-refractivity contribution in [2.24, 2.45) is 9.98 Å². The molecule has 0 N–H and O–H groups in total. The molecule has 2 nitrogen and oxygen atoms in total. The molecule has 54 valence electrons. The van der Waals surface area contributed by atoms with Crippen LogP contribution in [0.3, 0.4) is 0 Å². The fourth-order valence-electron chi connectivity index (χ4n) is 1.09. The number of nitrogens with zero attached hydrogens (tertiary/aromatic N) is 2. The first-order valence-corrected chi connectivity index (χ1v) is 3.57. The predicted octanol–water partition coefficient (Wildman–Crippen LogP) is 1.84. The summed E-state index contributed by atoms with van der Waals surface area (Å²) in [6.45, 7) is 0. The smallest absolute Gasteiger partial charge is 0.112 e. The number of benzene rings is 1. The Kier molecular flexibility index (Phi) is 1.52. The maximum atomic E-state index is 4.16. The highest BCUT2D eigenvalue weighted by Gasteiger charge is 2.06. The normalized spacial score (nSPS) is 20.9. The molecule has 1 aliphatic heterocycles. The minimum Gasteiger partial charge on any atom is -0.260 e. The second kappa shape index (κ2) is 2.66. The van der Waals surface area contributed by atoms with E-state index in [1.807, 2.05) is 24.4 Å². The van der Waals surface area contributed by atoms with Crippen molar-refractivity contribution in [2.45, 2.75) is 6.04 Å². The van der Waals surface area contributed by atoms with Crippen LogP contribution in [0.4, 0.5) is 0 Å². The van der Waals surface area contributed by atoms with Crippen LogP contribution in [0, 0.1) is 0 Å². The molecule has 11 heavy (non-hydrogen) atoms. The van der Waals surface area contributed by atoms with Gasteiger partial charge >= 0.3 is 0 Å². The Labute approximate surface area is 65.3 Å². The maximum Gasteiger partial charge on any atom is 0.112 e. The Bertz CT molecular complexity index is 276. The summed E-state index contributed by atoms with van der Waals surface area (Å²) in [4.78, 5) is 8.08. The predicted molar refractivity (Wildman–Crippen MR) is 46.2 cm³/mol. The van der Waals surface area contributed by atoms with E-state index >= 15 is 0 Å². The minimum atomic E-state index is 0.149. The molecular weight excluding hydrogens is 136 g/mol.